The van der Waals surface area contributed by atoms with E-state index in [2.05, 4.69) is 60.3 Å². The largest absolute Gasteiger partial charge is 0.295 e. The maximum Gasteiger partial charge on any atom is 0.229 e. The van der Waals surface area contributed by atoms with E-state index < -0.39 is 0 Å². The molecule has 136 valence electrons. The number of rotatable bonds is 3. The van der Waals surface area contributed by atoms with Gasteiger partial charge in [-0.1, -0.05) is 52.0 Å². The van der Waals surface area contributed by atoms with Crippen molar-refractivity contribution in [2.75, 3.05) is 5.32 Å². The molecular formula is C21H25N3O2. The second-order valence-corrected chi connectivity index (χ2v) is 7.86. The average molecular weight is 351 g/mol. The molecule has 0 saturated carbocycles. The summed E-state index contributed by atoms with van der Waals surface area (Å²) < 4.78 is 0. The third kappa shape index (κ3) is 3.82. The molecular weight excluding hydrogens is 326 g/mol. The molecule has 5 nitrogen and oxygen atoms in total. The Hall–Kier alpha value is -2.56. The zero-order valence-corrected chi connectivity index (χ0v) is 15.8. The maximum absolute atomic E-state index is 12.5. The predicted molar refractivity (Wildman–Crippen MR) is 101 cm³/mol. The van der Waals surface area contributed by atoms with Gasteiger partial charge in [-0.2, -0.15) is 0 Å². The van der Waals surface area contributed by atoms with E-state index in [0.717, 1.165) is 5.56 Å². The fourth-order valence-electron chi connectivity index (χ4n) is 3.21. The molecule has 1 atom stereocenters. The third-order valence-corrected chi connectivity index (χ3v) is 4.86. The van der Waals surface area contributed by atoms with Crippen molar-refractivity contribution in [1.82, 2.24) is 9.97 Å². The van der Waals surface area contributed by atoms with Crippen molar-refractivity contribution in [3.05, 3.63) is 52.8 Å². The molecule has 0 saturated heterocycles. The molecule has 1 aromatic heterocycles. The molecule has 0 spiro atoms. The highest BCUT2D eigenvalue weighted by atomic mass is 16.1. The van der Waals surface area contributed by atoms with Crippen LogP contribution >= 0.6 is 0 Å². The van der Waals surface area contributed by atoms with E-state index in [1.165, 1.54) is 11.8 Å². The topological polar surface area (TPSA) is 72.0 Å². The standard InChI is InChI=1S/C21H25N3O2/c1-5-19(26)24-20-22-12-16-17(23-20)10-14(11-18(16)25)13-6-8-15(9-7-13)21(2,3)4/h6-9,12,14H,5,10-11H2,1-4H3,(H,22,23,24,26)/t14-/m0/s1. The van der Waals surface area contributed by atoms with Crippen molar-refractivity contribution in [2.45, 2.75) is 58.3 Å². The molecule has 0 unspecified atom stereocenters. The summed E-state index contributed by atoms with van der Waals surface area (Å²) in [5.74, 6) is 0.298. The summed E-state index contributed by atoms with van der Waals surface area (Å²) in [7, 11) is 0. The zero-order chi connectivity index (χ0) is 18.9. The first kappa shape index (κ1) is 18.2. The van der Waals surface area contributed by atoms with Gasteiger partial charge in [-0.15, -0.1) is 0 Å². The van der Waals surface area contributed by atoms with Gasteiger partial charge in [-0.3, -0.25) is 14.9 Å². The van der Waals surface area contributed by atoms with Gasteiger partial charge in [0.15, 0.2) is 5.78 Å². The van der Waals surface area contributed by atoms with Crippen LogP contribution in [0.25, 0.3) is 0 Å². The second kappa shape index (κ2) is 6.98. The average Bonchev–Trinajstić information content (AvgIpc) is 2.60. The zero-order valence-electron chi connectivity index (χ0n) is 15.8. The van der Waals surface area contributed by atoms with Crippen molar-refractivity contribution in [3.8, 4) is 0 Å². The molecule has 1 N–H and O–H groups in total. The second-order valence-electron chi connectivity index (χ2n) is 7.86. The minimum absolute atomic E-state index is 0.0597. The number of hydrogen-bond acceptors (Lipinski definition) is 4. The monoisotopic (exact) mass is 351 g/mol. The van der Waals surface area contributed by atoms with Gasteiger partial charge in [0, 0.05) is 19.0 Å². The van der Waals surface area contributed by atoms with E-state index in [1.54, 1.807) is 6.92 Å². The number of nitrogens with one attached hydrogen (secondary N) is 1. The number of Topliss-reactive ketones (excluding diaryl/α,β-unsaturated/α-hetero) is 1. The maximum atomic E-state index is 12.5. The van der Waals surface area contributed by atoms with Crippen molar-refractivity contribution in [3.63, 3.8) is 0 Å². The molecule has 1 aliphatic carbocycles. The number of carbonyl (C=O) groups excluding carboxylic acids is 2. The van der Waals surface area contributed by atoms with Crippen LogP contribution in [0.4, 0.5) is 5.95 Å². The summed E-state index contributed by atoms with van der Waals surface area (Å²) in [5, 5.41) is 2.66. The smallest absolute Gasteiger partial charge is 0.229 e. The number of fused-ring (bicyclic) bond motifs is 1. The number of benzene rings is 1. The van der Waals surface area contributed by atoms with Crippen LogP contribution in [0.1, 0.15) is 73.6 Å². The Morgan fingerprint density at radius 3 is 2.50 bits per heavy atom. The highest BCUT2D eigenvalue weighted by Crippen LogP contribution is 2.33. The SMILES string of the molecule is CCC(=O)Nc1ncc2c(n1)C[C@H](c1ccc(C(C)(C)C)cc1)CC2=O. The van der Waals surface area contributed by atoms with Crippen LogP contribution in [-0.2, 0) is 16.6 Å². The molecule has 1 aromatic carbocycles. The fraction of sp³-hybridized carbons (Fsp3) is 0.429. The molecule has 2 aromatic rings. The van der Waals surface area contributed by atoms with Gasteiger partial charge in [0.1, 0.15) is 0 Å². The first-order chi connectivity index (χ1) is 12.3. The van der Waals surface area contributed by atoms with Gasteiger partial charge in [-0.05, 0) is 28.9 Å². The van der Waals surface area contributed by atoms with Gasteiger partial charge in [0.2, 0.25) is 11.9 Å². The number of carbonyl (C=O) groups is 2. The van der Waals surface area contributed by atoms with Crippen molar-refractivity contribution in [1.29, 1.82) is 0 Å². The van der Waals surface area contributed by atoms with Gasteiger partial charge in [-0.25, -0.2) is 9.97 Å². The third-order valence-electron chi connectivity index (χ3n) is 4.86. The van der Waals surface area contributed by atoms with Crippen LogP contribution in [0.3, 0.4) is 0 Å². The molecule has 0 aliphatic heterocycles. The van der Waals surface area contributed by atoms with Gasteiger partial charge < -0.3 is 0 Å². The summed E-state index contributed by atoms with van der Waals surface area (Å²) in [6.45, 7) is 8.33. The van der Waals surface area contributed by atoms with Crippen molar-refractivity contribution >= 4 is 17.6 Å². The molecule has 5 heteroatoms. The summed E-state index contributed by atoms with van der Waals surface area (Å²) in [4.78, 5) is 32.6. The minimum Gasteiger partial charge on any atom is -0.295 e. The number of anilines is 1. The quantitative estimate of drug-likeness (QED) is 0.906. The van der Waals surface area contributed by atoms with Gasteiger partial charge in [0.05, 0.1) is 11.3 Å². The van der Waals surface area contributed by atoms with Crippen LogP contribution in [0.15, 0.2) is 30.5 Å². The number of aromatic nitrogens is 2. The van der Waals surface area contributed by atoms with Crippen LogP contribution in [0.5, 0.6) is 0 Å². The normalized spacial score (nSPS) is 16.9. The molecule has 0 fully saturated rings. The summed E-state index contributed by atoms with van der Waals surface area (Å²) in [6, 6.07) is 8.51. The fourth-order valence-corrected chi connectivity index (χ4v) is 3.21. The Balaban J connectivity index is 1.85. The minimum atomic E-state index is -0.138. The van der Waals surface area contributed by atoms with Crippen molar-refractivity contribution in [2.24, 2.45) is 0 Å². The van der Waals surface area contributed by atoms with E-state index in [-0.39, 0.29) is 29.0 Å². The van der Waals surface area contributed by atoms with E-state index in [4.69, 9.17) is 0 Å². The van der Waals surface area contributed by atoms with Gasteiger partial charge in [0.25, 0.3) is 0 Å². The first-order valence-electron chi connectivity index (χ1n) is 9.07. The Labute approximate surface area is 154 Å². The molecule has 0 radical (unpaired) electrons. The molecule has 3 rings (SSSR count). The number of hydrogen-bond donors (Lipinski definition) is 1. The Kier molecular flexibility index (Phi) is 4.90. The van der Waals surface area contributed by atoms with E-state index in [0.29, 0.717) is 30.5 Å². The predicted octanol–water partition coefficient (Wildman–Crippen LogP) is 4.04. The van der Waals surface area contributed by atoms with E-state index >= 15 is 0 Å². The summed E-state index contributed by atoms with van der Waals surface area (Å²) in [5.41, 5.74) is 3.81. The Morgan fingerprint density at radius 2 is 1.88 bits per heavy atom. The van der Waals surface area contributed by atoms with Crippen LogP contribution in [-0.4, -0.2) is 21.7 Å². The number of ketones is 1. The molecule has 26 heavy (non-hydrogen) atoms. The summed E-state index contributed by atoms with van der Waals surface area (Å²) >= 11 is 0. The molecule has 1 amide bonds. The lowest BCUT2D eigenvalue weighted by atomic mass is 9.80. The van der Waals surface area contributed by atoms with Crippen LogP contribution in [0.2, 0.25) is 0 Å². The number of nitrogens with zero attached hydrogens (tertiary/aromatic N) is 2. The molecule has 1 aliphatic rings. The lowest BCUT2D eigenvalue weighted by Gasteiger charge is -2.25. The lowest BCUT2D eigenvalue weighted by molar-refractivity contribution is -0.115. The van der Waals surface area contributed by atoms with Gasteiger partial charge >= 0.3 is 0 Å². The van der Waals surface area contributed by atoms with Crippen LogP contribution in [0, 0.1) is 0 Å². The lowest BCUT2D eigenvalue weighted by Crippen LogP contribution is -2.22. The van der Waals surface area contributed by atoms with E-state index in [9.17, 15) is 9.59 Å². The highest BCUT2D eigenvalue weighted by molar-refractivity contribution is 5.98. The molecule has 1 heterocycles. The highest BCUT2D eigenvalue weighted by Gasteiger charge is 2.28. The summed E-state index contributed by atoms with van der Waals surface area (Å²) in [6.07, 6.45) is 3.04. The molecule has 0 bridgehead atoms. The Bertz CT molecular complexity index is 835. The first-order valence-corrected chi connectivity index (χ1v) is 9.07. The Morgan fingerprint density at radius 1 is 1.19 bits per heavy atom. The van der Waals surface area contributed by atoms with Crippen molar-refractivity contribution < 1.29 is 9.59 Å². The number of amides is 1. The van der Waals surface area contributed by atoms with E-state index in [1.807, 2.05) is 0 Å². The van der Waals surface area contributed by atoms with Crippen LogP contribution < -0.4 is 5.32 Å².